The molecule has 6 nitrogen and oxygen atoms in total. The average molecular weight is 644 g/mol. The predicted octanol–water partition coefficient (Wildman–Crippen LogP) is 4.49. The van der Waals surface area contributed by atoms with Gasteiger partial charge in [-0.1, -0.05) is 30.3 Å². The Kier molecular flexibility index (Phi) is 10.8. The molecule has 0 aliphatic heterocycles. The number of hydrogen-bond donors (Lipinski definition) is 1. The van der Waals surface area contributed by atoms with Crippen LogP contribution in [0.25, 0.3) is 6.08 Å². The van der Waals surface area contributed by atoms with Gasteiger partial charge in [0.1, 0.15) is 17.4 Å². The molecule has 1 amide bonds. The second-order valence-electron chi connectivity index (χ2n) is 6.42. The van der Waals surface area contributed by atoms with Gasteiger partial charge >= 0.3 is 5.97 Å². The van der Waals surface area contributed by atoms with Crippen LogP contribution >= 0.6 is 45.2 Å². The average Bonchev–Trinajstić information content (AvgIpc) is 2.75. The third-order valence-electron chi connectivity index (χ3n) is 4.11. The van der Waals surface area contributed by atoms with Crippen LogP contribution in [0.5, 0.6) is 5.75 Å². The zero-order valence-electron chi connectivity index (χ0n) is 17.0. The smallest absolute Gasteiger partial charge is 0.344 e. The summed E-state index contributed by atoms with van der Waals surface area (Å²) in [5.74, 6) is -0.271. The van der Waals surface area contributed by atoms with Gasteiger partial charge in [0.15, 0.2) is 6.61 Å². The van der Waals surface area contributed by atoms with Crippen molar-refractivity contribution in [2.45, 2.75) is 19.8 Å². The highest BCUT2D eigenvalue weighted by Crippen LogP contribution is 2.30. The van der Waals surface area contributed by atoms with Crippen LogP contribution in [0.1, 0.15) is 24.5 Å². The number of halogens is 2. The third-order valence-corrected chi connectivity index (χ3v) is 5.71. The molecule has 0 spiro atoms. The van der Waals surface area contributed by atoms with Crippen molar-refractivity contribution in [1.29, 1.82) is 5.26 Å². The lowest BCUT2D eigenvalue weighted by atomic mass is 10.1. The molecule has 8 heteroatoms. The minimum atomic E-state index is -0.436. The van der Waals surface area contributed by atoms with Gasteiger partial charge in [-0.2, -0.15) is 5.26 Å². The van der Waals surface area contributed by atoms with Crippen molar-refractivity contribution in [1.82, 2.24) is 5.32 Å². The maximum atomic E-state index is 12.4. The highest BCUT2D eigenvalue weighted by molar-refractivity contribution is 14.1. The largest absolute Gasteiger partial charge is 0.480 e. The van der Waals surface area contributed by atoms with Crippen LogP contribution in [-0.2, 0) is 20.7 Å². The molecule has 2 rings (SSSR count). The number of hydrogen-bond acceptors (Lipinski definition) is 5. The molecule has 1 N–H and O–H groups in total. The Hall–Kier alpha value is -2.13. The van der Waals surface area contributed by atoms with E-state index in [2.05, 4.69) is 50.5 Å². The first-order valence-electron chi connectivity index (χ1n) is 9.66. The van der Waals surface area contributed by atoms with E-state index in [1.807, 2.05) is 36.4 Å². The van der Waals surface area contributed by atoms with E-state index in [0.29, 0.717) is 24.5 Å². The van der Waals surface area contributed by atoms with Gasteiger partial charge in [-0.05, 0) is 94.3 Å². The summed E-state index contributed by atoms with van der Waals surface area (Å²) in [6.07, 6.45) is 3.19. The molecule has 0 aromatic heterocycles. The fourth-order valence-corrected chi connectivity index (χ4v) is 4.81. The number of nitrogens with one attached hydrogen (secondary N) is 1. The lowest BCUT2D eigenvalue weighted by Gasteiger charge is -2.11. The summed E-state index contributed by atoms with van der Waals surface area (Å²) < 4.78 is 12.0. The minimum Gasteiger partial charge on any atom is -0.480 e. The maximum absolute atomic E-state index is 12.4. The molecule has 0 saturated carbocycles. The topological polar surface area (TPSA) is 88.4 Å². The number of nitrogens with zero attached hydrogens (tertiary/aromatic N) is 1. The normalized spacial score (nSPS) is 10.8. The fraction of sp³-hybridized carbons (Fsp3) is 0.261. The summed E-state index contributed by atoms with van der Waals surface area (Å²) in [5, 5.41) is 12.2. The van der Waals surface area contributed by atoms with E-state index in [1.54, 1.807) is 25.1 Å². The summed E-state index contributed by atoms with van der Waals surface area (Å²) >= 11 is 4.19. The van der Waals surface area contributed by atoms with Crippen LogP contribution < -0.4 is 10.1 Å². The Bertz CT molecular complexity index is 962. The molecule has 0 aliphatic carbocycles. The molecular formula is C23H22I2N2O4. The molecule has 0 radical (unpaired) electrons. The zero-order valence-corrected chi connectivity index (χ0v) is 21.3. The number of ether oxygens (including phenoxy) is 2. The first-order valence-corrected chi connectivity index (χ1v) is 11.8. The Morgan fingerprint density at radius 2 is 1.84 bits per heavy atom. The number of benzene rings is 2. The second-order valence-corrected chi connectivity index (χ2v) is 8.75. The number of nitriles is 1. The summed E-state index contributed by atoms with van der Waals surface area (Å²) in [6.45, 7) is 2.34. The maximum Gasteiger partial charge on any atom is 0.344 e. The van der Waals surface area contributed by atoms with Gasteiger partial charge in [0, 0.05) is 6.54 Å². The van der Waals surface area contributed by atoms with E-state index in [4.69, 9.17) is 9.47 Å². The highest BCUT2D eigenvalue weighted by Gasteiger charge is 2.13. The van der Waals surface area contributed by atoms with Gasteiger partial charge in [-0.3, -0.25) is 4.79 Å². The van der Waals surface area contributed by atoms with Crippen LogP contribution in [0.15, 0.2) is 48.0 Å². The molecule has 2 aromatic carbocycles. The molecule has 0 fully saturated rings. The fourth-order valence-electron chi connectivity index (χ4n) is 2.68. The summed E-state index contributed by atoms with van der Waals surface area (Å²) in [4.78, 5) is 23.9. The van der Waals surface area contributed by atoms with Crippen molar-refractivity contribution in [3.05, 3.63) is 66.3 Å². The van der Waals surface area contributed by atoms with E-state index in [0.717, 1.165) is 20.0 Å². The number of aryl methyl sites for hydroxylation is 1. The lowest BCUT2D eigenvalue weighted by Crippen LogP contribution is -2.25. The summed E-state index contributed by atoms with van der Waals surface area (Å²) in [7, 11) is 0. The monoisotopic (exact) mass is 644 g/mol. The van der Waals surface area contributed by atoms with Crippen LogP contribution in [-0.4, -0.2) is 31.6 Å². The lowest BCUT2D eigenvalue weighted by molar-refractivity contribution is -0.145. The summed E-state index contributed by atoms with van der Waals surface area (Å²) in [5.41, 5.74) is 1.95. The number of esters is 1. The van der Waals surface area contributed by atoms with Gasteiger partial charge in [0.05, 0.1) is 13.7 Å². The Morgan fingerprint density at radius 1 is 1.16 bits per heavy atom. The Labute approximate surface area is 209 Å². The molecular weight excluding hydrogens is 622 g/mol. The molecule has 0 saturated heterocycles. The summed E-state index contributed by atoms with van der Waals surface area (Å²) in [6, 6.07) is 15.6. The molecule has 0 unspecified atom stereocenters. The number of rotatable bonds is 10. The SMILES string of the molecule is CCOC(=O)COc1c(I)cc(/C=C(/C#N)C(=O)NCCCc2ccccc2)cc1I. The van der Waals surface area contributed by atoms with Crippen LogP contribution in [0, 0.1) is 18.5 Å². The number of carbonyl (C=O) groups excluding carboxylic acids is 2. The quantitative estimate of drug-likeness (QED) is 0.136. The Morgan fingerprint density at radius 3 is 2.45 bits per heavy atom. The molecule has 0 atom stereocenters. The van der Waals surface area contributed by atoms with Gasteiger partial charge in [0.2, 0.25) is 0 Å². The van der Waals surface area contributed by atoms with E-state index in [-0.39, 0.29) is 12.2 Å². The third kappa shape index (κ3) is 8.49. The zero-order chi connectivity index (χ0) is 22.6. The van der Waals surface area contributed by atoms with E-state index in [9.17, 15) is 14.9 Å². The van der Waals surface area contributed by atoms with E-state index in [1.165, 1.54) is 5.56 Å². The van der Waals surface area contributed by atoms with E-state index < -0.39 is 11.9 Å². The van der Waals surface area contributed by atoms with Crippen molar-refractivity contribution in [2.24, 2.45) is 0 Å². The van der Waals surface area contributed by atoms with Crippen molar-refractivity contribution in [2.75, 3.05) is 19.8 Å². The minimum absolute atomic E-state index is 0.0338. The van der Waals surface area contributed by atoms with Crippen LogP contribution in [0.4, 0.5) is 0 Å². The molecule has 0 bridgehead atoms. The van der Waals surface area contributed by atoms with Crippen LogP contribution in [0.2, 0.25) is 0 Å². The van der Waals surface area contributed by atoms with Crippen molar-refractivity contribution in [3.8, 4) is 11.8 Å². The van der Waals surface area contributed by atoms with Gasteiger partial charge in [-0.15, -0.1) is 0 Å². The predicted molar refractivity (Wildman–Crippen MR) is 135 cm³/mol. The van der Waals surface area contributed by atoms with E-state index >= 15 is 0 Å². The molecule has 0 aliphatic rings. The molecule has 2 aromatic rings. The number of amides is 1. The van der Waals surface area contributed by atoms with Gasteiger partial charge < -0.3 is 14.8 Å². The van der Waals surface area contributed by atoms with Crippen molar-refractivity contribution >= 4 is 63.1 Å². The second kappa shape index (κ2) is 13.3. The van der Waals surface area contributed by atoms with Crippen molar-refractivity contribution < 1.29 is 19.1 Å². The first-order chi connectivity index (χ1) is 14.9. The van der Waals surface area contributed by atoms with Gasteiger partial charge in [0.25, 0.3) is 5.91 Å². The van der Waals surface area contributed by atoms with Gasteiger partial charge in [-0.25, -0.2) is 4.79 Å². The van der Waals surface area contributed by atoms with Crippen LogP contribution in [0.3, 0.4) is 0 Å². The highest BCUT2D eigenvalue weighted by atomic mass is 127. The molecule has 162 valence electrons. The van der Waals surface area contributed by atoms with Crippen molar-refractivity contribution in [3.63, 3.8) is 0 Å². The number of carbonyl (C=O) groups is 2. The standard InChI is InChI=1S/C23H22I2N2O4/c1-2-30-21(28)15-31-22-19(24)12-17(13-20(22)25)11-18(14-26)23(29)27-10-6-9-16-7-4-3-5-8-16/h3-5,7-8,11-13H,2,6,9-10,15H2,1H3,(H,27,29)/b18-11-. The first kappa shape index (κ1) is 25.1. The molecule has 0 heterocycles. The Balaban J connectivity index is 1.98. The molecule has 31 heavy (non-hydrogen) atoms.